The second-order valence-electron chi connectivity index (χ2n) is 5.58. The van der Waals surface area contributed by atoms with Crippen molar-refractivity contribution >= 4 is 25.6 Å². The van der Waals surface area contributed by atoms with Crippen LogP contribution in [0.25, 0.3) is 0 Å². The Morgan fingerprint density at radius 1 is 1.43 bits per heavy atom. The molecule has 1 N–H and O–H groups in total. The number of amides is 1. The summed E-state index contributed by atoms with van der Waals surface area (Å²) in [4.78, 5) is 12.4. The maximum atomic E-state index is 12.4. The third kappa shape index (κ3) is 3.09. The van der Waals surface area contributed by atoms with Gasteiger partial charge in [-0.3, -0.25) is 4.79 Å². The zero-order valence-corrected chi connectivity index (χ0v) is 13.2. The van der Waals surface area contributed by atoms with E-state index < -0.39 is 9.05 Å². The fourth-order valence-electron chi connectivity index (χ4n) is 2.59. The quantitative estimate of drug-likeness (QED) is 0.851. The minimum atomic E-state index is -3.84. The molecule has 1 amide bonds. The molecule has 21 heavy (non-hydrogen) atoms. The molecule has 0 radical (unpaired) electrons. The van der Waals surface area contributed by atoms with Crippen LogP contribution in [-0.4, -0.2) is 37.6 Å². The Balaban J connectivity index is 1.86. The van der Waals surface area contributed by atoms with Crippen molar-refractivity contribution in [1.29, 1.82) is 0 Å². The van der Waals surface area contributed by atoms with E-state index in [0.717, 1.165) is 19.3 Å². The molecule has 1 aliphatic carbocycles. The van der Waals surface area contributed by atoms with Crippen LogP contribution in [0.15, 0.2) is 17.2 Å². The molecule has 0 bridgehead atoms. The van der Waals surface area contributed by atoms with Crippen molar-refractivity contribution in [1.82, 2.24) is 9.88 Å². The van der Waals surface area contributed by atoms with Crippen molar-refractivity contribution < 1.29 is 17.9 Å². The van der Waals surface area contributed by atoms with Crippen molar-refractivity contribution in [3.63, 3.8) is 0 Å². The summed E-state index contributed by atoms with van der Waals surface area (Å²) >= 11 is 0. The molecule has 116 valence electrons. The Labute approximate surface area is 127 Å². The summed E-state index contributed by atoms with van der Waals surface area (Å²) in [6.45, 7) is 2.53. The van der Waals surface area contributed by atoms with Crippen LogP contribution in [0.1, 0.15) is 42.7 Å². The number of carbonyl (C=O) groups is 1. The largest absolute Gasteiger partial charge is 0.376 e. The van der Waals surface area contributed by atoms with Crippen LogP contribution in [0, 0.1) is 0 Å². The first-order valence-corrected chi connectivity index (χ1v) is 9.26. The van der Waals surface area contributed by atoms with E-state index in [-0.39, 0.29) is 29.0 Å². The van der Waals surface area contributed by atoms with Gasteiger partial charge in [-0.25, -0.2) is 8.42 Å². The normalized spacial score (nSPS) is 26.0. The second-order valence-corrected chi connectivity index (χ2v) is 8.15. The molecular weight excluding hydrogens is 316 g/mol. The molecule has 6 nitrogen and oxygen atoms in total. The predicted octanol–water partition coefficient (Wildman–Crippen LogP) is 1.66. The van der Waals surface area contributed by atoms with E-state index in [1.54, 1.807) is 4.57 Å². The number of hydrogen-bond acceptors (Lipinski definition) is 4. The zero-order valence-electron chi connectivity index (χ0n) is 11.6. The molecule has 2 atom stereocenters. The van der Waals surface area contributed by atoms with Crippen LogP contribution >= 0.6 is 10.7 Å². The van der Waals surface area contributed by atoms with Gasteiger partial charge in [0.15, 0.2) is 0 Å². The fraction of sp³-hybridized carbons (Fsp3) is 0.615. The van der Waals surface area contributed by atoms with Crippen molar-refractivity contribution in [2.75, 3.05) is 6.61 Å². The molecule has 0 spiro atoms. The minimum Gasteiger partial charge on any atom is -0.376 e. The average Bonchev–Trinajstić information content (AvgIpc) is 3.00. The Morgan fingerprint density at radius 3 is 2.67 bits per heavy atom. The first kappa shape index (κ1) is 14.9. The average molecular weight is 333 g/mol. The molecule has 8 heteroatoms. The molecular formula is C13H17ClN2O4S. The number of halogens is 1. The van der Waals surface area contributed by atoms with Gasteiger partial charge in [-0.2, -0.15) is 0 Å². The molecule has 2 aliphatic rings. The van der Waals surface area contributed by atoms with Gasteiger partial charge in [0.05, 0.1) is 12.1 Å². The molecule has 0 aromatic carbocycles. The van der Waals surface area contributed by atoms with E-state index in [0.29, 0.717) is 12.3 Å². The zero-order chi connectivity index (χ0) is 15.2. The summed E-state index contributed by atoms with van der Waals surface area (Å²) in [5.74, 6) is -0.282. The Hall–Kier alpha value is -1.05. The maximum Gasteiger partial charge on any atom is 0.268 e. The monoisotopic (exact) mass is 332 g/mol. The van der Waals surface area contributed by atoms with Crippen LogP contribution in [-0.2, 0) is 13.8 Å². The Kier molecular flexibility index (Phi) is 3.75. The summed E-state index contributed by atoms with van der Waals surface area (Å²) in [5, 5.41) is 2.91. The number of nitrogens with zero attached hydrogens (tertiary/aromatic N) is 1. The minimum absolute atomic E-state index is 0.0306. The van der Waals surface area contributed by atoms with Crippen molar-refractivity contribution in [2.45, 2.75) is 49.3 Å². The lowest BCUT2D eigenvalue weighted by Crippen LogP contribution is -2.39. The molecule has 1 saturated heterocycles. The van der Waals surface area contributed by atoms with Crippen LogP contribution in [0.4, 0.5) is 0 Å². The fourth-order valence-corrected chi connectivity index (χ4v) is 3.33. The molecule has 1 aliphatic heterocycles. The summed E-state index contributed by atoms with van der Waals surface area (Å²) in [7, 11) is 1.54. The van der Waals surface area contributed by atoms with E-state index in [4.69, 9.17) is 15.4 Å². The summed E-state index contributed by atoms with van der Waals surface area (Å²) in [6.07, 6.45) is 4.06. The molecule has 2 unspecified atom stereocenters. The predicted molar refractivity (Wildman–Crippen MR) is 77.0 cm³/mol. The lowest BCUT2D eigenvalue weighted by Gasteiger charge is -2.16. The van der Waals surface area contributed by atoms with E-state index in [1.807, 2.05) is 6.92 Å². The molecule has 1 saturated carbocycles. The molecule has 2 fully saturated rings. The lowest BCUT2D eigenvalue weighted by molar-refractivity contribution is 0.0858. The third-order valence-electron chi connectivity index (χ3n) is 3.97. The van der Waals surface area contributed by atoms with Gasteiger partial charge in [0, 0.05) is 29.5 Å². The lowest BCUT2D eigenvalue weighted by atomic mass is 10.1. The first-order chi connectivity index (χ1) is 9.86. The van der Waals surface area contributed by atoms with Gasteiger partial charge in [0.25, 0.3) is 15.0 Å². The van der Waals surface area contributed by atoms with E-state index in [1.165, 1.54) is 12.3 Å². The number of carbonyl (C=O) groups excluding carboxylic acids is 1. The highest BCUT2D eigenvalue weighted by Gasteiger charge is 2.32. The standard InChI is InChI=1S/C13H17ClN2O4S/c1-8-11(4-5-20-8)15-13(17)12-6-10(21(14,18)19)7-16(12)9-2-3-9/h6-9,11H,2-5H2,1H3,(H,15,17). The maximum absolute atomic E-state index is 12.4. The molecule has 2 heterocycles. The highest BCUT2D eigenvalue weighted by Crippen LogP contribution is 2.37. The van der Waals surface area contributed by atoms with Gasteiger partial charge in [-0.1, -0.05) is 0 Å². The topological polar surface area (TPSA) is 77.4 Å². The van der Waals surface area contributed by atoms with E-state index in [2.05, 4.69) is 5.32 Å². The highest BCUT2D eigenvalue weighted by atomic mass is 35.7. The van der Waals surface area contributed by atoms with Crippen LogP contribution in [0.2, 0.25) is 0 Å². The first-order valence-electron chi connectivity index (χ1n) is 6.95. The van der Waals surface area contributed by atoms with Gasteiger partial charge >= 0.3 is 0 Å². The van der Waals surface area contributed by atoms with Crippen LogP contribution < -0.4 is 5.32 Å². The van der Waals surface area contributed by atoms with Gasteiger partial charge in [-0.05, 0) is 32.3 Å². The van der Waals surface area contributed by atoms with Gasteiger partial charge in [0.2, 0.25) is 0 Å². The summed E-state index contributed by atoms with van der Waals surface area (Å²) < 4.78 is 30.0. The second kappa shape index (κ2) is 5.30. The van der Waals surface area contributed by atoms with Crippen molar-refractivity contribution in [3.05, 3.63) is 18.0 Å². The van der Waals surface area contributed by atoms with Gasteiger partial charge in [-0.15, -0.1) is 0 Å². The van der Waals surface area contributed by atoms with Crippen LogP contribution in [0.5, 0.6) is 0 Å². The number of ether oxygens (including phenoxy) is 1. The smallest absolute Gasteiger partial charge is 0.268 e. The number of nitrogens with one attached hydrogen (secondary N) is 1. The van der Waals surface area contributed by atoms with Crippen LogP contribution in [0.3, 0.4) is 0 Å². The van der Waals surface area contributed by atoms with Gasteiger partial charge < -0.3 is 14.6 Å². The SMILES string of the molecule is CC1OCCC1NC(=O)c1cc(S(=O)(=O)Cl)cn1C1CC1. The summed E-state index contributed by atoms with van der Waals surface area (Å²) in [5.41, 5.74) is 0.343. The number of aromatic nitrogens is 1. The summed E-state index contributed by atoms with van der Waals surface area (Å²) in [6, 6.07) is 1.49. The van der Waals surface area contributed by atoms with E-state index in [9.17, 15) is 13.2 Å². The number of rotatable bonds is 4. The molecule has 1 aromatic rings. The van der Waals surface area contributed by atoms with E-state index >= 15 is 0 Å². The highest BCUT2D eigenvalue weighted by molar-refractivity contribution is 8.13. The molecule has 1 aromatic heterocycles. The van der Waals surface area contributed by atoms with Gasteiger partial charge in [0.1, 0.15) is 10.6 Å². The van der Waals surface area contributed by atoms with Crippen molar-refractivity contribution in [3.8, 4) is 0 Å². The molecule has 3 rings (SSSR count). The Morgan fingerprint density at radius 2 is 2.14 bits per heavy atom. The Bertz CT molecular complexity index is 666. The third-order valence-corrected chi connectivity index (χ3v) is 5.29. The van der Waals surface area contributed by atoms with Crippen molar-refractivity contribution in [2.24, 2.45) is 0 Å². The number of hydrogen-bond donors (Lipinski definition) is 1.